The van der Waals surface area contributed by atoms with Gasteiger partial charge in [0.2, 0.25) is 5.79 Å². The highest BCUT2D eigenvalue weighted by molar-refractivity contribution is 5.62. The minimum absolute atomic E-state index is 0.688. The second-order valence-corrected chi connectivity index (χ2v) is 4.56. The third-order valence-corrected chi connectivity index (χ3v) is 3.43. The minimum Gasteiger partial charge on any atom is -0.457 e. The van der Waals surface area contributed by atoms with E-state index in [-0.39, 0.29) is 0 Å². The Balaban J connectivity index is 1.90. The monoisotopic (exact) mass is 252 g/mol. The molecule has 1 aliphatic rings. The zero-order valence-corrected chi connectivity index (χ0v) is 10.9. The predicted molar refractivity (Wildman–Crippen MR) is 75.3 cm³/mol. The summed E-state index contributed by atoms with van der Waals surface area (Å²) in [5.41, 5.74) is 2.12. The number of methoxy groups -OCH3 is 1. The molecule has 0 spiro atoms. The molecule has 96 valence electrons. The maximum absolute atomic E-state index is 6.11. The molecule has 1 heterocycles. The molecule has 1 aliphatic heterocycles. The Kier molecular flexibility index (Phi) is 3.10. The standard InChI is InChI=1S/C17H16O2/c1-18-17(15-10-6-3-7-11-15)13-12-16(19-17)14-8-4-2-5-9-14/h2-12H,13H2,1H3. The van der Waals surface area contributed by atoms with Crippen LogP contribution in [-0.4, -0.2) is 7.11 Å². The lowest BCUT2D eigenvalue weighted by molar-refractivity contribution is -0.176. The maximum Gasteiger partial charge on any atom is 0.240 e. The summed E-state index contributed by atoms with van der Waals surface area (Å²) in [6.45, 7) is 0. The van der Waals surface area contributed by atoms with Gasteiger partial charge in [-0.1, -0.05) is 60.7 Å². The zero-order valence-electron chi connectivity index (χ0n) is 10.9. The first-order valence-corrected chi connectivity index (χ1v) is 6.39. The van der Waals surface area contributed by atoms with Crippen molar-refractivity contribution in [2.24, 2.45) is 0 Å². The first kappa shape index (κ1) is 12.0. The van der Waals surface area contributed by atoms with Gasteiger partial charge in [0, 0.05) is 24.7 Å². The van der Waals surface area contributed by atoms with Crippen molar-refractivity contribution in [3.8, 4) is 0 Å². The Morgan fingerprint density at radius 1 is 0.947 bits per heavy atom. The van der Waals surface area contributed by atoms with E-state index in [1.807, 2.05) is 60.7 Å². The molecule has 2 nitrogen and oxygen atoms in total. The van der Waals surface area contributed by atoms with Crippen molar-refractivity contribution >= 4 is 5.76 Å². The molecule has 0 saturated heterocycles. The topological polar surface area (TPSA) is 18.5 Å². The van der Waals surface area contributed by atoms with Crippen LogP contribution in [0.2, 0.25) is 0 Å². The van der Waals surface area contributed by atoms with E-state index in [0.717, 1.165) is 23.3 Å². The molecule has 0 radical (unpaired) electrons. The number of rotatable bonds is 3. The summed E-state index contributed by atoms with van der Waals surface area (Å²) >= 11 is 0. The van der Waals surface area contributed by atoms with Crippen molar-refractivity contribution in [2.75, 3.05) is 7.11 Å². The van der Waals surface area contributed by atoms with Gasteiger partial charge in [-0.15, -0.1) is 0 Å². The van der Waals surface area contributed by atoms with Crippen LogP contribution in [0.15, 0.2) is 66.7 Å². The highest BCUT2D eigenvalue weighted by Gasteiger charge is 2.38. The Bertz CT molecular complexity index is 575. The van der Waals surface area contributed by atoms with Gasteiger partial charge in [0.05, 0.1) is 0 Å². The van der Waals surface area contributed by atoms with E-state index in [1.54, 1.807) is 7.11 Å². The van der Waals surface area contributed by atoms with Gasteiger partial charge in [-0.2, -0.15) is 0 Å². The van der Waals surface area contributed by atoms with Gasteiger partial charge in [-0.3, -0.25) is 0 Å². The SMILES string of the molecule is COC1(c2ccccc2)CC=C(c2ccccc2)O1. The summed E-state index contributed by atoms with van der Waals surface area (Å²) in [6.07, 6.45) is 2.81. The Morgan fingerprint density at radius 3 is 2.21 bits per heavy atom. The van der Waals surface area contributed by atoms with Gasteiger partial charge < -0.3 is 9.47 Å². The molecule has 19 heavy (non-hydrogen) atoms. The molecule has 0 aliphatic carbocycles. The van der Waals surface area contributed by atoms with Gasteiger partial charge in [0.15, 0.2) is 0 Å². The third-order valence-electron chi connectivity index (χ3n) is 3.43. The molecule has 0 aromatic heterocycles. The molecule has 2 aromatic carbocycles. The van der Waals surface area contributed by atoms with E-state index in [0.29, 0.717) is 0 Å². The summed E-state index contributed by atoms with van der Waals surface area (Å²) in [5.74, 6) is 0.193. The quantitative estimate of drug-likeness (QED) is 0.823. The highest BCUT2D eigenvalue weighted by atomic mass is 16.7. The van der Waals surface area contributed by atoms with E-state index in [2.05, 4.69) is 6.08 Å². The molecule has 0 amide bonds. The number of hydrogen-bond donors (Lipinski definition) is 0. The molecular formula is C17H16O2. The fraction of sp³-hybridized carbons (Fsp3) is 0.176. The van der Waals surface area contributed by atoms with Crippen LogP contribution < -0.4 is 0 Å². The largest absolute Gasteiger partial charge is 0.457 e. The van der Waals surface area contributed by atoms with Crippen molar-refractivity contribution in [3.63, 3.8) is 0 Å². The minimum atomic E-state index is -0.688. The van der Waals surface area contributed by atoms with Crippen LogP contribution in [-0.2, 0) is 15.3 Å². The van der Waals surface area contributed by atoms with Crippen LogP contribution in [0, 0.1) is 0 Å². The maximum atomic E-state index is 6.11. The van der Waals surface area contributed by atoms with Crippen molar-refractivity contribution in [1.82, 2.24) is 0 Å². The van der Waals surface area contributed by atoms with E-state index in [4.69, 9.17) is 9.47 Å². The smallest absolute Gasteiger partial charge is 0.240 e. The lowest BCUT2D eigenvalue weighted by Crippen LogP contribution is -2.27. The Morgan fingerprint density at radius 2 is 1.58 bits per heavy atom. The Labute approximate surface area is 113 Å². The molecule has 0 fully saturated rings. The molecule has 1 atom stereocenters. The summed E-state index contributed by atoms with van der Waals surface area (Å²) in [7, 11) is 1.69. The molecule has 0 N–H and O–H groups in total. The first-order chi connectivity index (χ1) is 9.34. The van der Waals surface area contributed by atoms with Crippen molar-refractivity contribution in [2.45, 2.75) is 12.2 Å². The van der Waals surface area contributed by atoms with Crippen LogP contribution in [0.4, 0.5) is 0 Å². The Hall–Kier alpha value is -2.06. The van der Waals surface area contributed by atoms with E-state index >= 15 is 0 Å². The van der Waals surface area contributed by atoms with Crippen LogP contribution in [0.1, 0.15) is 17.5 Å². The second-order valence-electron chi connectivity index (χ2n) is 4.56. The number of hydrogen-bond acceptors (Lipinski definition) is 2. The van der Waals surface area contributed by atoms with E-state index in [9.17, 15) is 0 Å². The van der Waals surface area contributed by atoms with Gasteiger partial charge in [-0.05, 0) is 6.08 Å². The fourth-order valence-corrected chi connectivity index (χ4v) is 2.38. The van der Waals surface area contributed by atoms with E-state index in [1.165, 1.54) is 0 Å². The molecule has 2 aromatic rings. The summed E-state index contributed by atoms with van der Waals surface area (Å²) in [6, 6.07) is 20.2. The van der Waals surface area contributed by atoms with Gasteiger partial charge in [0.1, 0.15) is 5.76 Å². The molecule has 3 rings (SSSR count). The number of ether oxygens (including phenoxy) is 2. The molecule has 0 saturated carbocycles. The average Bonchev–Trinajstić information content (AvgIpc) is 2.95. The summed E-state index contributed by atoms with van der Waals surface area (Å²) < 4.78 is 11.8. The molecular weight excluding hydrogens is 236 g/mol. The average molecular weight is 252 g/mol. The van der Waals surface area contributed by atoms with Crippen LogP contribution in [0.5, 0.6) is 0 Å². The summed E-state index contributed by atoms with van der Waals surface area (Å²) in [5, 5.41) is 0. The van der Waals surface area contributed by atoms with E-state index < -0.39 is 5.79 Å². The van der Waals surface area contributed by atoms with Gasteiger partial charge >= 0.3 is 0 Å². The van der Waals surface area contributed by atoms with Crippen LogP contribution in [0.25, 0.3) is 5.76 Å². The van der Waals surface area contributed by atoms with Gasteiger partial charge in [-0.25, -0.2) is 0 Å². The van der Waals surface area contributed by atoms with Crippen LogP contribution >= 0.6 is 0 Å². The lowest BCUT2D eigenvalue weighted by Gasteiger charge is -2.28. The molecule has 0 bridgehead atoms. The van der Waals surface area contributed by atoms with Crippen LogP contribution in [0.3, 0.4) is 0 Å². The predicted octanol–water partition coefficient (Wildman–Crippen LogP) is 3.95. The lowest BCUT2D eigenvalue weighted by atomic mass is 10.0. The first-order valence-electron chi connectivity index (χ1n) is 6.39. The molecule has 2 heteroatoms. The van der Waals surface area contributed by atoms with Crippen molar-refractivity contribution in [3.05, 3.63) is 77.9 Å². The zero-order chi connectivity index (χ0) is 13.1. The second kappa shape index (κ2) is 4.90. The molecule has 1 unspecified atom stereocenters. The summed E-state index contributed by atoms with van der Waals surface area (Å²) in [4.78, 5) is 0. The number of benzene rings is 2. The highest BCUT2D eigenvalue weighted by Crippen LogP contribution is 2.41. The van der Waals surface area contributed by atoms with Gasteiger partial charge in [0.25, 0.3) is 0 Å². The normalized spacial score (nSPS) is 21.8. The van der Waals surface area contributed by atoms with Crippen molar-refractivity contribution in [1.29, 1.82) is 0 Å². The van der Waals surface area contributed by atoms with Crippen molar-refractivity contribution < 1.29 is 9.47 Å². The third kappa shape index (κ3) is 2.15. The fourth-order valence-electron chi connectivity index (χ4n) is 2.38.